The third-order valence-electron chi connectivity index (χ3n) is 2.60. The first-order valence-corrected chi connectivity index (χ1v) is 6.00. The van der Waals surface area contributed by atoms with Crippen LogP contribution >= 0.6 is 0 Å². The van der Waals surface area contributed by atoms with Crippen LogP contribution in [0.3, 0.4) is 0 Å². The van der Waals surface area contributed by atoms with Crippen LogP contribution in [-0.2, 0) is 4.84 Å². The van der Waals surface area contributed by atoms with E-state index in [1.165, 1.54) is 19.3 Å². The highest BCUT2D eigenvalue weighted by molar-refractivity contribution is 5.70. The number of aliphatic hydroxyl groups is 1. The van der Waals surface area contributed by atoms with Crippen LogP contribution in [0.4, 0.5) is 0 Å². The minimum Gasteiger partial charge on any atom is -0.393 e. The van der Waals surface area contributed by atoms with Gasteiger partial charge in [-0.15, -0.1) is 0 Å². The third-order valence-corrected chi connectivity index (χ3v) is 2.60. The molecule has 1 saturated heterocycles. The zero-order valence-corrected chi connectivity index (χ0v) is 10.0. The summed E-state index contributed by atoms with van der Waals surface area (Å²) in [5.41, 5.74) is 0. The predicted octanol–water partition coefficient (Wildman–Crippen LogP) is 1.41. The Morgan fingerprint density at radius 2 is 2.12 bits per heavy atom. The first-order chi connectivity index (χ1) is 7.83. The monoisotopic (exact) mass is 226 g/mol. The second kappa shape index (κ2) is 8.30. The highest BCUT2D eigenvalue weighted by Gasteiger charge is 2.14. The first kappa shape index (κ1) is 13.2. The molecule has 1 aliphatic heterocycles. The van der Waals surface area contributed by atoms with Gasteiger partial charge in [0.2, 0.25) is 0 Å². The first-order valence-electron chi connectivity index (χ1n) is 6.00. The van der Waals surface area contributed by atoms with Gasteiger partial charge in [0.15, 0.2) is 0 Å². The summed E-state index contributed by atoms with van der Waals surface area (Å²) in [6.07, 6.45) is 8.60. The van der Waals surface area contributed by atoms with Gasteiger partial charge in [-0.25, -0.2) is 0 Å². The van der Waals surface area contributed by atoms with Crippen LogP contribution in [-0.4, -0.2) is 48.6 Å². The van der Waals surface area contributed by atoms with Gasteiger partial charge in [0.25, 0.3) is 0 Å². The van der Waals surface area contributed by atoms with Crippen molar-refractivity contribution in [3.8, 4) is 0 Å². The molecule has 1 unspecified atom stereocenters. The minimum absolute atomic E-state index is 0.268. The van der Waals surface area contributed by atoms with Gasteiger partial charge in [0, 0.05) is 6.54 Å². The summed E-state index contributed by atoms with van der Waals surface area (Å²) < 4.78 is 0. The van der Waals surface area contributed by atoms with Gasteiger partial charge in [0.1, 0.15) is 12.7 Å². The molecule has 0 radical (unpaired) electrons. The summed E-state index contributed by atoms with van der Waals surface area (Å²) in [6, 6.07) is 0. The van der Waals surface area contributed by atoms with E-state index in [1.807, 2.05) is 13.0 Å². The number of β-amino-alcohol motifs (C(OH)–C–C–N with tert-alkyl or cyclic N) is 1. The molecule has 4 nitrogen and oxygen atoms in total. The van der Waals surface area contributed by atoms with Crippen molar-refractivity contribution in [2.45, 2.75) is 32.3 Å². The van der Waals surface area contributed by atoms with Crippen molar-refractivity contribution in [2.24, 2.45) is 5.16 Å². The zero-order chi connectivity index (χ0) is 11.6. The molecule has 92 valence electrons. The number of oxime groups is 1. The van der Waals surface area contributed by atoms with Gasteiger partial charge in [-0.3, -0.25) is 0 Å². The van der Waals surface area contributed by atoms with Crippen LogP contribution in [0.25, 0.3) is 0 Å². The Balaban J connectivity index is 2.07. The Kier molecular flexibility index (Phi) is 6.85. The van der Waals surface area contributed by atoms with Gasteiger partial charge in [-0.1, -0.05) is 17.7 Å². The number of allylic oxidation sites excluding steroid dienone is 2. The van der Waals surface area contributed by atoms with E-state index in [0.29, 0.717) is 6.54 Å². The van der Waals surface area contributed by atoms with Crippen LogP contribution in [0, 0.1) is 0 Å². The summed E-state index contributed by atoms with van der Waals surface area (Å²) in [6.45, 7) is 5.07. The fourth-order valence-electron chi connectivity index (χ4n) is 1.79. The van der Waals surface area contributed by atoms with E-state index >= 15 is 0 Å². The number of aliphatic hydroxyl groups excluding tert-OH is 1. The third kappa shape index (κ3) is 5.88. The molecule has 1 heterocycles. The van der Waals surface area contributed by atoms with Crippen LogP contribution in [0.2, 0.25) is 0 Å². The lowest BCUT2D eigenvalue weighted by molar-refractivity contribution is 0.0164. The Bertz CT molecular complexity index is 223. The summed E-state index contributed by atoms with van der Waals surface area (Å²) in [7, 11) is 0. The highest BCUT2D eigenvalue weighted by Crippen LogP contribution is 2.08. The van der Waals surface area contributed by atoms with E-state index in [2.05, 4.69) is 10.1 Å². The van der Waals surface area contributed by atoms with Crippen molar-refractivity contribution in [1.82, 2.24) is 4.90 Å². The lowest BCUT2D eigenvalue weighted by atomic mass is 10.1. The molecule has 0 aromatic rings. The minimum atomic E-state index is -0.444. The fraction of sp³-hybridized carbons (Fsp3) is 0.750. The van der Waals surface area contributed by atoms with Crippen molar-refractivity contribution in [1.29, 1.82) is 0 Å². The van der Waals surface area contributed by atoms with Crippen molar-refractivity contribution in [3.05, 3.63) is 12.2 Å². The Morgan fingerprint density at radius 1 is 1.38 bits per heavy atom. The molecule has 0 aliphatic carbocycles. The average molecular weight is 226 g/mol. The number of likely N-dealkylation sites (tertiary alicyclic amines) is 1. The molecule has 1 fully saturated rings. The predicted molar refractivity (Wildman–Crippen MR) is 65.6 cm³/mol. The molecule has 0 amide bonds. The van der Waals surface area contributed by atoms with Crippen molar-refractivity contribution in [2.75, 3.05) is 26.2 Å². The van der Waals surface area contributed by atoms with E-state index in [4.69, 9.17) is 4.84 Å². The summed E-state index contributed by atoms with van der Waals surface area (Å²) in [5.74, 6) is 0. The molecule has 1 N–H and O–H groups in total. The maximum atomic E-state index is 9.70. The largest absolute Gasteiger partial charge is 0.393 e. The van der Waals surface area contributed by atoms with Gasteiger partial charge in [-0.2, -0.15) is 0 Å². The van der Waals surface area contributed by atoms with Crippen molar-refractivity contribution in [3.63, 3.8) is 0 Å². The molecule has 0 saturated carbocycles. The number of hydrogen-bond donors (Lipinski definition) is 1. The molecule has 16 heavy (non-hydrogen) atoms. The summed E-state index contributed by atoms with van der Waals surface area (Å²) in [4.78, 5) is 7.27. The number of hydrogen-bond acceptors (Lipinski definition) is 4. The van der Waals surface area contributed by atoms with E-state index in [-0.39, 0.29) is 6.61 Å². The molecule has 4 heteroatoms. The molecule has 0 bridgehead atoms. The van der Waals surface area contributed by atoms with Crippen LogP contribution in [0.5, 0.6) is 0 Å². The van der Waals surface area contributed by atoms with Gasteiger partial charge >= 0.3 is 0 Å². The molecule has 0 aromatic carbocycles. The van der Waals surface area contributed by atoms with Crippen LogP contribution in [0.1, 0.15) is 26.2 Å². The Hall–Kier alpha value is -0.870. The Morgan fingerprint density at radius 3 is 2.81 bits per heavy atom. The van der Waals surface area contributed by atoms with Gasteiger partial charge < -0.3 is 14.8 Å². The van der Waals surface area contributed by atoms with Gasteiger partial charge in [0.05, 0.1) is 6.21 Å². The van der Waals surface area contributed by atoms with E-state index in [1.54, 1.807) is 12.3 Å². The number of nitrogens with zero attached hydrogens (tertiary/aromatic N) is 2. The maximum Gasteiger partial charge on any atom is 0.144 e. The fourth-order valence-corrected chi connectivity index (χ4v) is 1.79. The SMILES string of the molecule is C/C=C/C=N/OCC(O)CN1CCCCC1. The molecule has 0 spiro atoms. The summed E-state index contributed by atoms with van der Waals surface area (Å²) >= 11 is 0. The van der Waals surface area contributed by atoms with Gasteiger partial charge in [-0.05, 0) is 38.9 Å². The quantitative estimate of drug-likeness (QED) is 0.550. The molecule has 1 rings (SSSR count). The number of piperidine rings is 1. The molecular formula is C12H22N2O2. The van der Waals surface area contributed by atoms with Crippen LogP contribution < -0.4 is 0 Å². The van der Waals surface area contributed by atoms with Crippen LogP contribution in [0.15, 0.2) is 17.3 Å². The molecule has 1 aliphatic rings. The molecule has 0 aromatic heterocycles. The second-order valence-electron chi connectivity index (χ2n) is 4.09. The molecule has 1 atom stereocenters. The normalized spacial score (nSPS) is 20.6. The smallest absolute Gasteiger partial charge is 0.144 e. The second-order valence-corrected chi connectivity index (χ2v) is 4.09. The maximum absolute atomic E-state index is 9.70. The lowest BCUT2D eigenvalue weighted by Gasteiger charge is -2.27. The highest BCUT2D eigenvalue weighted by atomic mass is 16.6. The average Bonchev–Trinajstić information content (AvgIpc) is 2.30. The van der Waals surface area contributed by atoms with E-state index in [0.717, 1.165) is 13.1 Å². The Labute approximate surface area is 97.6 Å². The number of rotatable bonds is 6. The van der Waals surface area contributed by atoms with Crippen molar-refractivity contribution < 1.29 is 9.94 Å². The van der Waals surface area contributed by atoms with Crippen molar-refractivity contribution >= 4 is 6.21 Å². The summed E-state index contributed by atoms with van der Waals surface area (Å²) in [5, 5.41) is 13.4. The zero-order valence-electron chi connectivity index (χ0n) is 10.0. The topological polar surface area (TPSA) is 45.1 Å². The van der Waals surface area contributed by atoms with E-state index in [9.17, 15) is 5.11 Å². The lowest BCUT2D eigenvalue weighted by Crippen LogP contribution is -2.37. The standard InChI is InChI=1S/C12H22N2O2/c1-2-3-7-13-16-11-12(15)10-14-8-5-4-6-9-14/h2-3,7,12,15H,4-6,8-11H2,1H3/b3-2+,13-7+. The van der Waals surface area contributed by atoms with E-state index < -0.39 is 6.10 Å². The molecular weight excluding hydrogens is 204 g/mol.